The van der Waals surface area contributed by atoms with E-state index in [0.717, 1.165) is 20.3 Å². The van der Waals surface area contributed by atoms with Crippen LogP contribution in [0.2, 0.25) is 5.02 Å². The van der Waals surface area contributed by atoms with Crippen molar-refractivity contribution >= 4 is 56.4 Å². The van der Waals surface area contributed by atoms with Crippen LogP contribution in [0.5, 0.6) is 5.75 Å². The van der Waals surface area contributed by atoms with Crippen LogP contribution in [0.4, 0.5) is 13.2 Å². The molecule has 0 radical (unpaired) electrons. The first-order valence-corrected chi connectivity index (χ1v) is 21.2. The van der Waals surface area contributed by atoms with E-state index in [1.807, 2.05) is 18.6 Å². The van der Waals surface area contributed by atoms with Crippen molar-refractivity contribution in [2.24, 2.45) is 22.7 Å². The van der Waals surface area contributed by atoms with Gasteiger partial charge in [-0.15, -0.1) is 0 Å². The molecule has 1 saturated heterocycles. The Balaban J connectivity index is 1.47. The second kappa shape index (κ2) is 15.9. The van der Waals surface area contributed by atoms with E-state index in [1.165, 1.54) is 4.90 Å². The molecule has 2 amide bonds. The van der Waals surface area contributed by atoms with Gasteiger partial charge in [-0.1, -0.05) is 65.1 Å². The highest BCUT2D eigenvalue weighted by molar-refractivity contribution is 7.85. The molecule has 17 heteroatoms. The number of benzene rings is 1. The number of carbonyl (C=O) groups excluding carboxylic acids is 4. The summed E-state index contributed by atoms with van der Waals surface area (Å²) in [6.07, 6.45) is -3.70. The number of esters is 1. The van der Waals surface area contributed by atoms with Gasteiger partial charge in [-0.25, -0.2) is 8.91 Å². The van der Waals surface area contributed by atoms with Gasteiger partial charge in [0.25, 0.3) is 0 Å². The topological polar surface area (TPSA) is 158 Å². The first kappa shape index (κ1) is 44.6. The summed E-state index contributed by atoms with van der Waals surface area (Å²) >= 11 is 6.53. The van der Waals surface area contributed by atoms with Gasteiger partial charge in [-0.05, 0) is 69.9 Å². The maximum atomic E-state index is 14.6. The maximum Gasteiger partial charge on any atom is 0.427 e. The minimum atomic E-state index is -4.87. The van der Waals surface area contributed by atoms with Crippen molar-refractivity contribution in [3.63, 3.8) is 0 Å². The SMILES string of the molecule is CCCc1cc(O[C@@H]2C[C@@H](C(=O)C[C@]3(C(=O)NS(=O)(=O)OC4(C)CC4)C[C@H]3CC)N(C(=O)[C@@H](CC(=O)OC(C)(C)C(F)(F)F)C(C)(C)C)C2)c2cccc(Cl)c2n1. The molecule has 1 aliphatic heterocycles. The molecule has 0 unspecified atom stereocenters. The summed E-state index contributed by atoms with van der Waals surface area (Å²) in [4.78, 5) is 61.9. The molecule has 0 bridgehead atoms. The Morgan fingerprint density at radius 3 is 2.32 bits per heavy atom. The number of nitrogens with zero attached hydrogens (tertiary/aromatic N) is 2. The van der Waals surface area contributed by atoms with Crippen LogP contribution >= 0.6 is 11.6 Å². The zero-order chi connectivity index (χ0) is 42.5. The second-order valence-corrected chi connectivity index (χ2v) is 19.3. The summed E-state index contributed by atoms with van der Waals surface area (Å²) in [7, 11) is -4.49. The fourth-order valence-corrected chi connectivity index (χ4v) is 8.91. The van der Waals surface area contributed by atoms with Gasteiger partial charge in [0.05, 0.1) is 46.5 Å². The van der Waals surface area contributed by atoms with Crippen LogP contribution in [0, 0.1) is 22.7 Å². The van der Waals surface area contributed by atoms with Crippen molar-refractivity contribution in [2.45, 2.75) is 143 Å². The number of rotatable bonds is 16. The monoisotopic (exact) mass is 843 g/mol. The first-order chi connectivity index (χ1) is 26.2. The number of hydrogen-bond acceptors (Lipinski definition) is 10. The minimum absolute atomic E-state index is 0.0330. The Hall–Kier alpha value is -3.50. The lowest BCUT2D eigenvalue weighted by Gasteiger charge is -2.35. The van der Waals surface area contributed by atoms with E-state index in [2.05, 4.69) is 0 Å². The summed E-state index contributed by atoms with van der Waals surface area (Å²) in [5, 5.41) is 0.998. The molecule has 0 spiro atoms. The van der Waals surface area contributed by atoms with Crippen LogP contribution < -0.4 is 9.46 Å². The van der Waals surface area contributed by atoms with E-state index in [4.69, 9.17) is 30.2 Å². The van der Waals surface area contributed by atoms with Gasteiger partial charge in [-0.3, -0.25) is 24.2 Å². The van der Waals surface area contributed by atoms with E-state index in [0.29, 0.717) is 53.1 Å². The fraction of sp³-hybridized carbons (Fsp3) is 0.675. The number of halogens is 4. The minimum Gasteiger partial charge on any atom is -0.488 e. The molecule has 316 valence electrons. The van der Waals surface area contributed by atoms with E-state index in [9.17, 15) is 40.8 Å². The van der Waals surface area contributed by atoms with Crippen LogP contribution in [0.1, 0.15) is 112 Å². The van der Waals surface area contributed by atoms with Crippen molar-refractivity contribution < 1.29 is 54.4 Å². The summed E-state index contributed by atoms with van der Waals surface area (Å²) < 4.78 is 85.2. The number of hydrogen-bond donors (Lipinski definition) is 1. The van der Waals surface area contributed by atoms with Gasteiger partial charge in [0.1, 0.15) is 11.9 Å². The average Bonchev–Trinajstić information content (AvgIpc) is 3.94. The van der Waals surface area contributed by atoms with E-state index in [1.54, 1.807) is 52.0 Å². The first-order valence-electron chi connectivity index (χ1n) is 19.4. The summed E-state index contributed by atoms with van der Waals surface area (Å²) in [5.74, 6) is -4.47. The molecule has 2 aliphatic carbocycles. The molecule has 12 nitrogen and oxygen atoms in total. The van der Waals surface area contributed by atoms with Gasteiger partial charge in [0, 0.05) is 30.0 Å². The molecular formula is C40H53ClF3N3O9S. The number of ketones is 1. The third-order valence-corrected chi connectivity index (χ3v) is 12.8. The second-order valence-electron chi connectivity index (χ2n) is 17.6. The number of aromatic nitrogens is 1. The predicted molar refractivity (Wildman–Crippen MR) is 205 cm³/mol. The van der Waals surface area contributed by atoms with Gasteiger partial charge < -0.3 is 14.4 Å². The molecule has 1 aromatic carbocycles. The number of carbonyl (C=O) groups is 4. The number of nitrogens with one attached hydrogen (secondary N) is 1. The Kier molecular flexibility index (Phi) is 12.5. The molecule has 3 aliphatic rings. The van der Waals surface area contributed by atoms with Crippen LogP contribution in [0.3, 0.4) is 0 Å². The molecule has 5 rings (SSSR count). The average molecular weight is 844 g/mol. The van der Waals surface area contributed by atoms with Crippen LogP contribution in [-0.4, -0.2) is 77.9 Å². The summed E-state index contributed by atoms with van der Waals surface area (Å²) in [6.45, 7) is 11.7. The highest BCUT2D eigenvalue weighted by Gasteiger charge is 2.62. The van der Waals surface area contributed by atoms with Gasteiger partial charge in [0.15, 0.2) is 5.78 Å². The van der Waals surface area contributed by atoms with Crippen molar-refractivity contribution in [1.29, 1.82) is 0 Å². The molecule has 3 fully saturated rings. The van der Waals surface area contributed by atoms with Crippen LogP contribution in [0.15, 0.2) is 24.3 Å². The summed E-state index contributed by atoms with van der Waals surface area (Å²) in [6, 6.07) is 5.81. The van der Waals surface area contributed by atoms with E-state index >= 15 is 0 Å². The number of amides is 2. The number of pyridine rings is 1. The molecule has 1 N–H and O–H groups in total. The lowest BCUT2D eigenvalue weighted by molar-refractivity contribution is -0.257. The molecule has 1 aromatic heterocycles. The van der Waals surface area contributed by atoms with Crippen molar-refractivity contribution in [1.82, 2.24) is 14.6 Å². The number of aryl methyl sites for hydroxylation is 1. The number of fused-ring (bicyclic) bond motifs is 1. The predicted octanol–water partition coefficient (Wildman–Crippen LogP) is 7.43. The van der Waals surface area contributed by atoms with Crippen LogP contribution in [0.25, 0.3) is 10.9 Å². The highest BCUT2D eigenvalue weighted by atomic mass is 35.5. The number of likely N-dealkylation sites (tertiary alicyclic amines) is 1. The molecular weight excluding hydrogens is 791 g/mol. The lowest BCUT2D eigenvalue weighted by atomic mass is 9.77. The number of ether oxygens (including phenoxy) is 2. The highest BCUT2D eigenvalue weighted by Crippen LogP contribution is 2.58. The largest absolute Gasteiger partial charge is 0.488 e. The van der Waals surface area contributed by atoms with Gasteiger partial charge in [0.2, 0.25) is 17.4 Å². The Labute approximate surface area is 337 Å². The number of Topliss-reactive ketones (excluding diaryl/α,β-unsaturated/α-hetero) is 1. The van der Waals surface area contributed by atoms with Crippen molar-refractivity contribution in [3.05, 3.63) is 35.0 Å². The normalized spacial score (nSPS) is 23.9. The Morgan fingerprint density at radius 2 is 1.75 bits per heavy atom. The van der Waals surface area contributed by atoms with Gasteiger partial charge >= 0.3 is 22.4 Å². The maximum absolute atomic E-state index is 14.6. The molecule has 2 aromatic rings. The van der Waals surface area contributed by atoms with E-state index < -0.39 is 93.0 Å². The van der Waals surface area contributed by atoms with Crippen LogP contribution in [-0.2, 0) is 44.8 Å². The zero-order valence-corrected chi connectivity index (χ0v) is 35.3. The third kappa shape index (κ3) is 10.0. The standard InChI is InChI=1S/C40H53ClF3N3O9S/c1-9-12-24-17-31(26-13-11-14-28(41)33(26)45-24)54-25-18-29(30(48)21-39(20-23(39)10-2)35(51)46-57(52,53)56-38(8)15-16-38)47(22-25)34(50)27(36(3,4)5)19-32(49)55-37(6,7)40(42,43)44/h11,13-14,17,23,25,27,29H,9-10,12,15-16,18-22H2,1-8H3,(H,46,51)/t23-,25-,27-,29+,39-/m1/s1. The molecule has 57 heavy (non-hydrogen) atoms. The Morgan fingerprint density at radius 1 is 1.09 bits per heavy atom. The zero-order valence-electron chi connectivity index (χ0n) is 33.7. The molecule has 2 saturated carbocycles. The molecule has 2 heterocycles. The van der Waals surface area contributed by atoms with Crippen molar-refractivity contribution in [2.75, 3.05) is 6.54 Å². The smallest absolute Gasteiger partial charge is 0.427 e. The van der Waals surface area contributed by atoms with Crippen molar-refractivity contribution in [3.8, 4) is 5.75 Å². The number of para-hydroxylation sites is 1. The van der Waals surface area contributed by atoms with E-state index in [-0.39, 0.29) is 25.3 Å². The summed E-state index contributed by atoms with van der Waals surface area (Å²) in [5.41, 5.74) is -4.88. The number of alkyl halides is 3. The fourth-order valence-electron chi connectivity index (χ4n) is 7.52. The van der Waals surface area contributed by atoms with Gasteiger partial charge in [-0.2, -0.15) is 21.6 Å². The Bertz CT molecular complexity index is 2020. The molecule has 5 atom stereocenters. The quantitative estimate of drug-likeness (QED) is 0.169. The third-order valence-electron chi connectivity index (χ3n) is 11.4. The lowest BCUT2D eigenvalue weighted by Crippen LogP contribution is -2.49.